The van der Waals surface area contributed by atoms with Crippen LogP contribution in [-0.4, -0.2) is 21.6 Å². The zero-order chi connectivity index (χ0) is 13.4. The van der Waals surface area contributed by atoms with E-state index in [4.69, 9.17) is 4.74 Å². The van der Waals surface area contributed by atoms with Crippen LogP contribution in [0.1, 0.15) is 6.92 Å². The smallest absolute Gasteiger partial charge is 0.212 e. The van der Waals surface area contributed by atoms with Crippen molar-refractivity contribution in [2.45, 2.75) is 11.8 Å². The van der Waals surface area contributed by atoms with Gasteiger partial charge in [0.15, 0.2) is 0 Å². The zero-order valence-electron chi connectivity index (χ0n) is 10.1. The quantitative estimate of drug-likeness (QED) is 0.464. The van der Waals surface area contributed by atoms with Gasteiger partial charge in [-0.3, -0.25) is 0 Å². The second-order valence-electron chi connectivity index (χ2n) is 3.34. The molecule has 3 nitrogen and oxygen atoms in total. The summed E-state index contributed by atoms with van der Waals surface area (Å²) in [6.07, 6.45) is 0. The molecule has 1 aromatic carbocycles. The summed E-state index contributed by atoms with van der Waals surface area (Å²) in [5.74, 6) is 5.35. The summed E-state index contributed by atoms with van der Waals surface area (Å²) in [6, 6.07) is 8.13. The molecule has 0 saturated carbocycles. The van der Waals surface area contributed by atoms with E-state index in [1.54, 1.807) is 25.1 Å². The molecule has 0 aliphatic rings. The van der Waals surface area contributed by atoms with E-state index in [1.807, 2.05) is 0 Å². The minimum atomic E-state index is -3.57. The molecule has 4 heteroatoms. The molecule has 0 heterocycles. The Morgan fingerprint density at radius 1 is 1.33 bits per heavy atom. The van der Waals surface area contributed by atoms with Crippen LogP contribution in [0.5, 0.6) is 0 Å². The van der Waals surface area contributed by atoms with Gasteiger partial charge >= 0.3 is 0 Å². The molecule has 0 unspecified atom stereocenters. The molecule has 0 amide bonds. The lowest BCUT2D eigenvalue weighted by Gasteiger charge is -2.06. The second-order valence-corrected chi connectivity index (χ2v) is 5.31. The van der Waals surface area contributed by atoms with Crippen molar-refractivity contribution in [1.29, 1.82) is 0 Å². The predicted octanol–water partition coefficient (Wildman–Crippen LogP) is 2.17. The molecule has 0 aliphatic carbocycles. The molecule has 94 valence electrons. The molecule has 0 aromatic heterocycles. The average molecular weight is 262 g/mol. The fourth-order valence-electron chi connectivity index (χ4n) is 1.23. The fraction of sp³-hybridized carbons (Fsp3) is 0.214. The Labute approximate surface area is 108 Å². The van der Waals surface area contributed by atoms with Crippen molar-refractivity contribution in [3.05, 3.63) is 47.5 Å². The third-order valence-corrected chi connectivity index (χ3v) is 3.96. The van der Waals surface area contributed by atoms with Gasteiger partial charge < -0.3 is 4.74 Å². The monoisotopic (exact) mass is 262 g/mol. The van der Waals surface area contributed by atoms with E-state index in [2.05, 4.69) is 24.2 Å². The molecule has 0 atom stereocenters. The first-order valence-electron chi connectivity index (χ1n) is 5.29. The van der Waals surface area contributed by atoms with Crippen LogP contribution in [0.15, 0.2) is 52.4 Å². The Morgan fingerprint density at radius 2 is 2.00 bits per heavy atom. The first-order valence-corrected chi connectivity index (χ1v) is 6.77. The maximum absolute atomic E-state index is 12.2. The van der Waals surface area contributed by atoms with E-state index in [0.29, 0.717) is 0 Å². The van der Waals surface area contributed by atoms with Crippen LogP contribution >= 0.6 is 0 Å². The largest absolute Gasteiger partial charge is 0.363 e. The van der Waals surface area contributed by atoms with E-state index in [1.165, 1.54) is 12.1 Å². The molecule has 1 aromatic rings. The summed E-state index contributed by atoms with van der Waals surface area (Å²) in [7, 11) is -3.57. The Bertz CT molecular complexity index is 597. The molecule has 0 N–H and O–H groups in total. The number of rotatable bonds is 5. The van der Waals surface area contributed by atoms with Gasteiger partial charge in [0.25, 0.3) is 0 Å². The van der Waals surface area contributed by atoms with Crippen LogP contribution in [-0.2, 0) is 14.6 Å². The van der Waals surface area contributed by atoms with Crippen LogP contribution in [0.3, 0.4) is 0 Å². The molecule has 0 bridgehead atoms. The summed E-state index contributed by atoms with van der Waals surface area (Å²) in [5, 5.41) is 0. The highest BCUT2D eigenvalue weighted by molar-refractivity contribution is 7.95. The van der Waals surface area contributed by atoms with Gasteiger partial charge in [-0.05, 0) is 19.1 Å². The lowest BCUT2D eigenvalue weighted by molar-refractivity contribution is 0.196. The fourth-order valence-corrected chi connectivity index (χ4v) is 2.46. The zero-order valence-corrected chi connectivity index (χ0v) is 11.0. The maximum Gasteiger partial charge on any atom is 0.212 e. The Morgan fingerprint density at radius 3 is 2.56 bits per heavy atom. The summed E-state index contributed by atoms with van der Waals surface area (Å²) in [5.41, 5.74) is 2.42. The van der Waals surface area contributed by atoms with Gasteiger partial charge in [0.1, 0.15) is 11.5 Å². The van der Waals surface area contributed by atoms with Gasteiger partial charge in [-0.25, -0.2) is 8.42 Å². The van der Waals surface area contributed by atoms with Crippen LogP contribution in [0.4, 0.5) is 0 Å². The standard InChI is InChI=1S/C14H14O3S/c1-3-5-11-17-12-13(4-2)18(15,16)14-9-7-6-8-10-14/h6-10H,2,11-12H2,1H3. The minimum Gasteiger partial charge on any atom is -0.363 e. The van der Waals surface area contributed by atoms with Gasteiger partial charge in [0, 0.05) is 0 Å². The van der Waals surface area contributed by atoms with Crippen molar-refractivity contribution in [3.8, 4) is 11.8 Å². The van der Waals surface area contributed by atoms with Gasteiger partial charge in [0.05, 0.1) is 11.5 Å². The minimum absolute atomic E-state index is 0.0200. The van der Waals surface area contributed by atoms with Crippen molar-refractivity contribution >= 4 is 9.84 Å². The van der Waals surface area contributed by atoms with Crippen LogP contribution in [0, 0.1) is 11.8 Å². The highest BCUT2D eigenvalue weighted by Gasteiger charge is 2.19. The number of hydrogen-bond donors (Lipinski definition) is 0. The topological polar surface area (TPSA) is 43.4 Å². The second kappa shape index (κ2) is 6.83. The van der Waals surface area contributed by atoms with E-state index in [0.717, 1.165) is 0 Å². The predicted molar refractivity (Wildman–Crippen MR) is 70.5 cm³/mol. The third kappa shape index (κ3) is 3.61. The van der Waals surface area contributed by atoms with Crippen molar-refractivity contribution < 1.29 is 13.2 Å². The number of hydrogen-bond acceptors (Lipinski definition) is 3. The first kappa shape index (κ1) is 14.3. The van der Waals surface area contributed by atoms with Gasteiger partial charge in [-0.2, -0.15) is 0 Å². The van der Waals surface area contributed by atoms with Crippen molar-refractivity contribution in [3.63, 3.8) is 0 Å². The highest BCUT2D eigenvalue weighted by Crippen LogP contribution is 2.17. The van der Waals surface area contributed by atoms with Crippen LogP contribution < -0.4 is 0 Å². The summed E-state index contributed by atoms with van der Waals surface area (Å²) in [6.45, 7) is 5.20. The molecular formula is C14H14O3S. The molecule has 1 rings (SSSR count). The van der Waals surface area contributed by atoms with E-state index in [-0.39, 0.29) is 23.0 Å². The van der Waals surface area contributed by atoms with Crippen LogP contribution in [0.25, 0.3) is 0 Å². The summed E-state index contributed by atoms with van der Waals surface area (Å²) >= 11 is 0. The van der Waals surface area contributed by atoms with E-state index in [9.17, 15) is 8.42 Å². The average Bonchev–Trinajstić information content (AvgIpc) is 2.39. The SMILES string of the molecule is C=C=C(COCC#CC)S(=O)(=O)c1ccccc1. The van der Waals surface area contributed by atoms with Crippen LogP contribution in [0.2, 0.25) is 0 Å². The normalized spacial score (nSPS) is 10.1. The Kier molecular flexibility index (Phi) is 5.41. The van der Waals surface area contributed by atoms with Gasteiger partial charge in [-0.1, -0.05) is 30.7 Å². The van der Waals surface area contributed by atoms with Crippen molar-refractivity contribution in [1.82, 2.24) is 0 Å². The summed E-state index contributed by atoms with van der Waals surface area (Å²) < 4.78 is 29.5. The third-order valence-electron chi connectivity index (χ3n) is 2.16. The van der Waals surface area contributed by atoms with Gasteiger partial charge in [-0.15, -0.1) is 11.7 Å². The van der Waals surface area contributed by atoms with Crippen molar-refractivity contribution in [2.75, 3.05) is 13.2 Å². The lowest BCUT2D eigenvalue weighted by Crippen LogP contribution is -2.10. The molecule has 0 fully saturated rings. The number of sulfone groups is 1. The van der Waals surface area contributed by atoms with Gasteiger partial charge in [0.2, 0.25) is 9.84 Å². The number of ether oxygens (including phenoxy) is 1. The Balaban J connectivity index is 2.88. The molecule has 0 saturated heterocycles. The highest BCUT2D eigenvalue weighted by atomic mass is 32.2. The molecule has 0 spiro atoms. The van der Waals surface area contributed by atoms with Crippen molar-refractivity contribution in [2.24, 2.45) is 0 Å². The van der Waals surface area contributed by atoms with E-state index < -0.39 is 9.84 Å². The molecule has 0 aliphatic heterocycles. The lowest BCUT2D eigenvalue weighted by atomic mass is 10.4. The summed E-state index contributed by atoms with van der Waals surface area (Å²) in [4.78, 5) is 0.230. The molecule has 0 radical (unpaired) electrons. The maximum atomic E-state index is 12.2. The van der Waals surface area contributed by atoms with E-state index >= 15 is 0 Å². The first-order chi connectivity index (χ1) is 8.62. The molecular weight excluding hydrogens is 248 g/mol. The Hall–Kier alpha value is -1.79. The number of benzene rings is 1. The molecule has 18 heavy (non-hydrogen) atoms.